The van der Waals surface area contributed by atoms with E-state index in [1.165, 1.54) is 12.1 Å². The Labute approximate surface area is 99.6 Å². The summed E-state index contributed by atoms with van der Waals surface area (Å²) >= 11 is 5.49. The van der Waals surface area contributed by atoms with Gasteiger partial charge in [0.2, 0.25) is 0 Å². The summed E-state index contributed by atoms with van der Waals surface area (Å²) in [5.74, 6) is -4.80. The Morgan fingerprint density at radius 1 is 1.29 bits per heavy atom. The Hall–Kier alpha value is -0.880. The van der Waals surface area contributed by atoms with E-state index in [2.05, 4.69) is 5.32 Å². The molecule has 0 aliphatic carbocycles. The fraction of sp³-hybridized carbons (Fsp3) is 0.400. The topological polar surface area (TPSA) is 12.0 Å². The number of hydrogen-bond acceptors (Lipinski definition) is 1. The lowest BCUT2D eigenvalue weighted by Gasteiger charge is -2.15. The Morgan fingerprint density at radius 2 is 1.94 bits per heavy atom. The van der Waals surface area contributed by atoms with Crippen molar-refractivity contribution in [1.82, 2.24) is 5.32 Å². The lowest BCUT2D eigenvalue weighted by molar-refractivity contribution is -0.125. The largest absolute Gasteiger partial charge is 0.319 e. The molecule has 0 aliphatic rings. The van der Waals surface area contributed by atoms with E-state index in [9.17, 15) is 22.0 Å². The zero-order valence-corrected chi connectivity index (χ0v) is 9.25. The van der Waals surface area contributed by atoms with E-state index in [4.69, 9.17) is 11.6 Å². The van der Waals surface area contributed by atoms with Crippen LogP contribution >= 0.6 is 11.6 Å². The lowest BCUT2D eigenvalue weighted by atomic mass is 10.2. The van der Waals surface area contributed by atoms with Crippen molar-refractivity contribution in [1.29, 1.82) is 0 Å². The molecular weight excluding hydrogens is 265 g/mol. The van der Waals surface area contributed by atoms with Crippen molar-refractivity contribution in [3.05, 3.63) is 34.6 Å². The first kappa shape index (κ1) is 14.2. The molecule has 0 amide bonds. The van der Waals surface area contributed by atoms with Gasteiger partial charge in [0.1, 0.15) is 5.82 Å². The molecule has 0 saturated carbocycles. The van der Waals surface area contributed by atoms with Gasteiger partial charge in [0, 0.05) is 17.1 Å². The van der Waals surface area contributed by atoms with Crippen molar-refractivity contribution >= 4 is 11.6 Å². The molecule has 96 valence electrons. The molecule has 0 heterocycles. The highest BCUT2D eigenvalue weighted by Crippen LogP contribution is 2.22. The molecule has 0 spiro atoms. The first-order valence-corrected chi connectivity index (χ1v) is 5.01. The number of alkyl halides is 4. The number of nitrogens with one attached hydrogen (secondary N) is 1. The molecule has 0 aromatic heterocycles. The third-order valence-corrected chi connectivity index (χ3v) is 2.25. The molecule has 1 N–H and O–H groups in total. The Morgan fingerprint density at radius 3 is 2.47 bits per heavy atom. The van der Waals surface area contributed by atoms with Gasteiger partial charge < -0.3 is 5.32 Å². The normalized spacial score (nSPS) is 12.2. The van der Waals surface area contributed by atoms with Crippen molar-refractivity contribution in [3.63, 3.8) is 0 Å². The molecule has 1 aromatic rings. The minimum atomic E-state index is -4.12. The summed E-state index contributed by atoms with van der Waals surface area (Å²) in [6.07, 6.45) is -3.75. The fourth-order valence-electron chi connectivity index (χ4n) is 1.11. The van der Waals surface area contributed by atoms with Crippen LogP contribution in [-0.4, -0.2) is 18.9 Å². The third kappa shape index (κ3) is 4.12. The molecule has 1 aromatic carbocycles. The molecule has 0 radical (unpaired) electrons. The summed E-state index contributed by atoms with van der Waals surface area (Å²) in [7, 11) is 0. The second-order valence-corrected chi connectivity index (χ2v) is 3.84. The molecule has 1 rings (SSSR count). The van der Waals surface area contributed by atoms with E-state index in [1.54, 1.807) is 0 Å². The first-order chi connectivity index (χ1) is 7.83. The number of rotatable bonds is 5. The predicted molar refractivity (Wildman–Crippen MR) is 54.1 cm³/mol. The van der Waals surface area contributed by atoms with Crippen LogP contribution in [0, 0.1) is 5.82 Å². The highest BCUT2D eigenvalue weighted by molar-refractivity contribution is 6.30. The Balaban J connectivity index is 2.51. The Bertz CT molecular complexity index is 383. The highest BCUT2D eigenvalue weighted by Gasteiger charge is 2.39. The van der Waals surface area contributed by atoms with Crippen LogP contribution in [0.2, 0.25) is 5.02 Å². The molecule has 0 aliphatic heterocycles. The van der Waals surface area contributed by atoms with Crippen LogP contribution in [0.4, 0.5) is 22.0 Å². The van der Waals surface area contributed by atoms with Crippen LogP contribution in [0.3, 0.4) is 0 Å². The molecule has 0 fully saturated rings. The molecule has 7 heteroatoms. The van der Waals surface area contributed by atoms with Gasteiger partial charge in [-0.15, -0.1) is 0 Å². The highest BCUT2D eigenvalue weighted by atomic mass is 35.5. The van der Waals surface area contributed by atoms with Crippen LogP contribution in [0.15, 0.2) is 18.2 Å². The summed E-state index contributed by atoms with van der Waals surface area (Å²) < 4.78 is 61.7. The van der Waals surface area contributed by atoms with Crippen LogP contribution in [0.25, 0.3) is 0 Å². The maximum absolute atomic E-state index is 13.2. The van der Waals surface area contributed by atoms with Crippen molar-refractivity contribution in [2.75, 3.05) is 6.54 Å². The van der Waals surface area contributed by atoms with E-state index in [-0.39, 0.29) is 17.1 Å². The average Bonchev–Trinajstić information content (AvgIpc) is 2.21. The predicted octanol–water partition coefficient (Wildman–Crippen LogP) is 3.47. The standard InChI is InChI=1S/C10H9ClF5N/c11-7-2-1-6(8(12)3-7)4-17-5-10(15,16)9(13)14/h1-3,9,17H,4-5H2. The van der Waals surface area contributed by atoms with E-state index in [0.717, 1.165) is 6.07 Å². The summed E-state index contributed by atoms with van der Waals surface area (Å²) in [6.45, 7) is -1.49. The second kappa shape index (κ2) is 5.64. The number of benzene rings is 1. The summed E-state index contributed by atoms with van der Waals surface area (Å²) in [4.78, 5) is 0. The molecule has 1 nitrogen and oxygen atoms in total. The van der Waals surface area contributed by atoms with Gasteiger partial charge in [0.05, 0.1) is 6.54 Å². The maximum atomic E-state index is 13.2. The summed E-state index contributed by atoms with van der Waals surface area (Å²) in [5, 5.41) is 2.24. The van der Waals surface area contributed by atoms with Gasteiger partial charge in [-0.1, -0.05) is 17.7 Å². The van der Waals surface area contributed by atoms with Gasteiger partial charge in [0.15, 0.2) is 0 Å². The Kier molecular flexibility index (Phi) is 4.70. The number of hydrogen-bond donors (Lipinski definition) is 1. The zero-order valence-electron chi connectivity index (χ0n) is 8.49. The third-order valence-electron chi connectivity index (χ3n) is 2.01. The maximum Gasteiger partial charge on any atom is 0.319 e. The molecule has 0 bridgehead atoms. The van der Waals surface area contributed by atoms with Crippen molar-refractivity contribution in [3.8, 4) is 0 Å². The van der Waals surface area contributed by atoms with Crippen LogP contribution in [-0.2, 0) is 6.54 Å². The first-order valence-electron chi connectivity index (χ1n) is 4.63. The average molecular weight is 274 g/mol. The van der Waals surface area contributed by atoms with Crippen molar-refractivity contribution < 1.29 is 22.0 Å². The van der Waals surface area contributed by atoms with Gasteiger partial charge in [-0.05, 0) is 12.1 Å². The van der Waals surface area contributed by atoms with Crippen LogP contribution < -0.4 is 5.32 Å². The van der Waals surface area contributed by atoms with Gasteiger partial charge >= 0.3 is 12.3 Å². The summed E-state index contributed by atoms with van der Waals surface area (Å²) in [5.41, 5.74) is 0.0828. The van der Waals surface area contributed by atoms with Gasteiger partial charge in [-0.2, -0.15) is 8.78 Å². The molecule has 0 unspecified atom stereocenters. The lowest BCUT2D eigenvalue weighted by Crippen LogP contribution is -2.38. The van der Waals surface area contributed by atoms with Gasteiger partial charge in [-0.25, -0.2) is 13.2 Å². The summed E-state index contributed by atoms with van der Waals surface area (Å²) in [6, 6.07) is 3.70. The van der Waals surface area contributed by atoms with E-state index in [1.807, 2.05) is 0 Å². The molecule has 0 atom stereocenters. The minimum Gasteiger partial charge on any atom is -0.307 e. The zero-order chi connectivity index (χ0) is 13.1. The SMILES string of the molecule is Fc1cc(Cl)ccc1CNCC(F)(F)C(F)F. The van der Waals surface area contributed by atoms with E-state index < -0.39 is 24.7 Å². The van der Waals surface area contributed by atoms with Crippen molar-refractivity contribution in [2.45, 2.75) is 18.9 Å². The van der Waals surface area contributed by atoms with E-state index in [0.29, 0.717) is 0 Å². The fourth-order valence-corrected chi connectivity index (χ4v) is 1.26. The van der Waals surface area contributed by atoms with E-state index >= 15 is 0 Å². The van der Waals surface area contributed by atoms with Gasteiger partial charge in [-0.3, -0.25) is 0 Å². The smallest absolute Gasteiger partial charge is 0.307 e. The van der Waals surface area contributed by atoms with Crippen LogP contribution in [0.5, 0.6) is 0 Å². The monoisotopic (exact) mass is 273 g/mol. The van der Waals surface area contributed by atoms with Crippen molar-refractivity contribution in [2.24, 2.45) is 0 Å². The quantitative estimate of drug-likeness (QED) is 0.810. The van der Waals surface area contributed by atoms with Gasteiger partial charge in [0.25, 0.3) is 0 Å². The molecular formula is C10H9ClF5N. The number of halogens is 6. The molecule has 0 saturated heterocycles. The van der Waals surface area contributed by atoms with Crippen LogP contribution in [0.1, 0.15) is 5.56 Å². The minimum absolute atomic E-state index is 0.0828. The molecule has 17 heavy (non-hydrogen) atoms. The second-order valence-electron chi connectivity index (χ2n) is 3.40.